The zero-order valence-corrected chi connectivity index (χ0v) is 13.5. The van der Waals surface area contributed by atoms with Crippen molar-refractivity contribution in [2.75, 3.05) is 6.54 Å². The molecule has 3 aromatic rings. The van der Waals surface area contributed by atoms with Gasteiger partial charge in [0.1, 0.15) is 0 Å². The number of hydrogen-bond acceptors (Lipinski definition) is 3. The van der Waals surface area contributed by atoms with E-state index in [1.807, 2.05) is 30.3 Å². The van der Waals surface area contributed by atoms with Gasteiger partial charge in [-0.25, -0.2) is 4.98 Å². The molecule has 0 bridgehead atoms. The fourth-order valence-electron chi connectivity index (χ4n) is 2.28. The third kappa shape index (κ3) is 3.64. The summed E-state index contributed by atoms with van der Waals surface area (Å²) in [6, 6.07) is 15.7. The van der Waals surface area contributed by atoms with Crippen LogP contribution in [0.15, 0.2) is 48.5 Å². The van der Waals surface area contributed by atoms with Crippen LogP contribution in [0.25, 0.3) is 10.2 Å². The van der Waals surface area contributed by atoms with Crippen LogP contribution >= 0.6 is 22.9 Å². The second-order valence-electron chi connectivity index (χ2n) is 4.99. The monoisotopic (exact) mass is 330 g/mol. The number of aromatic nitrogens is 1. The molecule has 0 unspecified atom stereocenters. The van der Waals surface area contributed by atoms with Gasteiger partial charge in [0, 0.05) is 12.1 Å². The molecule has 0 aliphatic rings. The zero-order valence-electron chi connectivity index (χ0n) is 11.9. The predicted octanol–water partition coefficient (Wildman–Crippen LogP) is 4.31. The van der Waals surface area contributed by atoms with Gasteiger partial charge in [0.15, 0.2) is 4.47 Å². The Bertz CT molecular complexity index is 786. The minimum atomic E-state index is -0.0703. The lowest BCUT2D eigenvalue weighted by molar-refractivity contribution is 0.0953. The number of thiazole rings is 1. The average molecular weight is 331 g/mol. The molecule has 22 heavy (non-hydrogen) atoms. The van der Waals surface area contributed by atoms with Crippen molar-refractivity contribution >= 4 is 39.1 Å². The fourth-order valence-corrected chi connectivity index (χ4v) is 3.29. The second kappa shape index (κ2) is 6.90. The molecule has 3 nitrogen and oxygen atoms in total. The molecule has 0 fully saturated rings. The highest BCUT2D eigenvalue weighted by Crippen LogP contribution is 2.26. The number of fused-ring (bicyclic) bond motifs is 1. The molecule has 0 spiro atoms. The highest BCUT2D eigenvalue weighted by atomic mass is 35.5. The van der Waals surface area contributed by atoms with E-state index in [0.29, 0.717) is 16.6 Å². The topological polar surface area (TPSA) is 42.0 Å². The average Bonchev–Trinajstić information content (AvgIpc) is 2.91. The molecule has 0 saturated carbocycles. The first-order chi connectivity index (χ1) is 10.7. The van der Waals surface area contributed by atoms with Crippen LogP contribution in [0.1, 0.15) is 22.3 Å². The van der Waals surface area contributed by atoms with E-state index in [1.54, 1.807) is 6.07 Å². The summed E-state index contributed by atoms with van der Waals surface area (Å²) in [5, 5.41) is 2.94. The van der Waals surface area contributed by atoms with Crippen molar-refractivity contribution in [2.45, 2.75) is 12.8 Å². The first-order valence-corrected chi connectivity index (χ1v) is 8.30. The molecule has 112 valence electrons. The molecule has 0 saturated heterocycles. The first-order valence-electron chi connectivity index (χ1n) is 7.10. The van der Waals surface area contributed by atoms with Crippen molar-refractivity contribution in [3.8, 4) is 0 Å². The maximum atomic E-state index is 12.1. The molecule has 1 heterocycles. The van der Waals surface area contributed by atoms with Crippen molar-refractivity contribution < 1.29 is 4.79 Å². The second-order valence-corrected chi connectivity index (χ2v) is 6.61. The summed E-state index contributed by atoms with van der Waals surface area (Å²) in [5.41, 5.74) is 2.68. The van der Waals surface area contributed by atoms with Crippen LogP contribution in [0.3, 0.4) is 0 Å². The number of benzene rings is 2. The lowest BCUT2D eigenvalue weighted by atomic mass is 10.1. The van der Waals surface area contributed by atoms with Gasteiger partial charge in [0.25, 0.3) is 5.91 Å². The van der Waals surface area contributed by atoms with Crippen LogP contribution in [0.4, 0.5) is 0 Å². The normalized spacial score (nSPS) is 10.8. The first kappa shape index (κ1) is 15.0. The number of amides is 1. The van der Waals surface area contributed by atoms with Gasteiger partial charge in [-0.15, -0.1) is 11.3 Å². The number of carbonyl (C=O) groups is 1. The van der Waals surface area contributed by atoms with Crippen LogP contribution in [0.5, 0.6) is 0 Å². The Morgan fingerprint density at radius 3 is 2.82 bits per heavy atom. The molecule has 3 rings (SSSR count). The van der Waals surface area contributed by atoms with Gasteiger partial charge < -0.3 is 5.32 Å². The van der Waals surface area contributed by atoms with E-state index >= 15 is 0 Å². The summed E-state index contributed by atoms with van der Waals surface area (Å²) in [6.07, 6.45) is 1.88. The number of halogens is 1. The third-order valence-electron chi connectivity index (χ3n) is 3.39. The summed E-state index contributed by atoms with van der Waals surface area (Å²) in [4.78, 5) is 16.3. The zero-order chi connectivity index (χ0) is 15.4. The lowest BCUT2D eigenvalue weighted by Crippen LogP contribution is -2.24. The Kier molecular flexibility index (Phi) is 4.71. The van der Waals surface area contributed by atoms with Gasteiger partial charge >= 0.3 is 0 Å². The van der Waals surface area contributed by atoms with Crippen LogP contribution in [-0.2, 0) is 6.42 Å². The smallest absolute Gasteiger partial charge is 0.251 e. The molecule has 0 radical (unpaired) electrons. The number of rotatable bonds is 5. The van der Waals surface area contributed by atoms with Crippen LogP contribution < -0.4 is 5.32 Å². The Hall–Kier alpha value is -1.91. The van der Waals surface area contributed by atoms with Crippen LogP contribution in [0, 0.1) is 0 Å². The predicted molar refractivity (Wildman–Crippen MR) is 91.7 cm³/mol. The van der Waals surface area contributed by atoms with Crippen molar-refractivity contribution in [2.24, 2.45) is 0 Å². The molecule has 1 N–H and O–H groups in total. The maximum Gasteiger partial charge on any atom is 0.251 e. The van der Waals surface area contributed by atoms with Gasteiger partial charge in [-0.3, -0.25) is 4.79 Å². The standard InChI is InChI=1S/C17H15ClN2OS/c18-17-20-14-11-13(8-9-15(14)22-17)16(21)19-10-4-7-12-5-2-1-3-6-12/h1-3,5-6,8-9,11H,4,7,10H2,(H,19,21). The summed E-state index contributed by atoms with van der Waals surface area (Å²) in [5.74, 6) is -0.0703. The number of nitrogens with zero attached hydrogens (tertiary/aromatic N) is 1. The van der Waals surface area contributed by atoms with Gasteiger partial charge in [-0.05, 0) is 36.6 Å². The molecule has 5 heteroatoms. The van der Waals surface area contributed by atoms with E-state index in [0.717, 1.165) is 23.1 Å². The van der Waals surface area contributed by atoms with E-state index in [-0.39, 0.29) is 5.91 Å². The van der Waals surface area contributed by atoms with Gasteiger partial charge in [-0.2, -0.15) is 0 Å². The minimum absolute atomic E-state index is 0.0703. The van der Waals surface area contributed by atoms with E-state index < -0.39 is 0 Å². The number of carbonyl (C=O) groups excluding carboxylic acids is 1. The van der Waals surface area contributed by atoms with Gasteiger partial charge in [0.2, 0.25) is 0 Å². The van der Waals surface area contributed by atoms with Crippen molar-refractivity contribution in [3.63, 3.8) is 0 Å². The van der Waals surface area contributed by atoms with Gasteiger partial charge in [0.05, 0.1) is 10.2 Å². The van der Waals surface area contributed by atoms with Crippen LogP contribution in [-0.4, -0.2) is 17.4 Å². The third-order valence-corrected chi connectivity index (χ3v) is 4.54. The maximum absolute atomic E-state index is 12.1. The van der Waals surface area contributed by atoms with Crippen molar-refractivity contribution in [1.82, 2.24) is 10.3 Å². The molecule has 0 aliphatic heterocycles. The summed E-state index contributed by atoms with van der Waals surface area (Å²) in [6.45, 7) is 0.656. The lowest BCUT2D eigenvalue weighted by Gasteiger charge is -2.05. The van der Waals surface area contributed by atoms with E-state index in [9.17, 15) is 4.79 Å². The highest BCUT2D eigenvalue weighted by Gasteiger charge is 2.08. The minimum Gasteiger partial charge on any atom is -0.352 e. The molecule has 1 amide bonds. The Labute approximate surface area is 138 Å². The Morgan fingerprint density at radius 2 is 2.00 bits per heavy atom. The SMILES string of the molecule is O=C(NCCCc1ccccc1)c1ccc2sc(Cl)nc2c1. The highest BCUT2D eigenvalue weighted by molar-refractivity contribution is 7.22. The largest absolute Gasteiger partial charge is 0.352 e. The fraction of sp³-hybridized carbons (Fsp3) is 0.176. The molecular formula is C17H15ClN2OS. The van der Waals surface area contributed by atoms with E-state index in [1.165, 1.54) is 16.9 Å². The molecule has 0 atom stereocenters. The number of aryl methyl sites for hydroxylation is 1. The summed E-state index contributed by atoms with van der Waals surface area (Å²) < 4.78 is 1.49. The Morgan fingerprint density at radius 1 is 1.18 bits per heavy atom. The van der Waals surface area contributed by atoms with E-state index in [4.69, 9.17) is 11.6 Å². The van der Waals surface area contributed by atoms with Gasteiger partial charge in [-0.1, -0.05) is 41.9 Å². The van der Waals surface area contributed by atoms with Crippen molar-refractivity contribution in [1.29, 1.82) is 0 Å². The quantitative estimate of drug-likeness (QED) is 0.708. The Balaban J connectivity index is 1.54. The molecule has 0 aliphatic carbocycles. The van der Waals surface area contributed by atoms with Crippen molar-refractivity contribution in [3.05, 3.63) is 64.1 Å². The summed E-state index contributed by atoms with van der Waals surface area (Å²) >= 11 is 7.30. The van der Waals surface area contributed by atoms with Crippen LogP contribution in [0.2, 0.25) is 4.47 Å². The number of hydrogen-bond donors (Lipinski definition) is 1. The molecular weight excluding hydrogens is 316 g/mol. The molecule has 2 aromatic carbocycles. The molecule has 1 aromatic heterocycles. The summed E-state index contributed by atoms with van der Waals surface area (Å²) in [7, 11) is 0. The number of nitrogens with one attached hydrogen (secondary N) is 1. The van der Waals surface area contributed by atoms with E-state index in [2.05, 4.69) is 22.4 Å².